The fraction of sp³-hybridized carbons (Fsp3) is 0.875. The van der Waals surface area contributed by atoms with Gasteiger partial charge in [-0.2, -0.15) is 5.26 Å². The Balaban J connectivity index is 2.72. The van der Waals surface area contributed by atoms with Crippen LogP contribution < -0.4 is 0 Å². The Morgan fingerprint density at radius 3 is 2.20 bits per heavy atom. The minimum Gasteiger partial charge on any atom is -0.251 e. The van der Waals surface area contributed by atoms with Gasteiger partial charge < -0.3 is 0 Å². The molecule has 0 atom stereocenters. The van der Waals surface area contributed by atoms with E-state index in [1.807, 2.05) is 0 Å². The summed E-state index contributed by atoms with van der Waals surface area (Å²) in [6, 6.07) is 2.08. The molecule has 0 heterocycles. The van der Waals surface area contributed by atoms with Crippen LogP contribution in [-0.4, -0.2) is 6.67 Å². The number of halogens is 1. The predicted octanol–water partition coefficient (Wildman–Crippen LogP) is 2.82. The number of alkyl halides is 1. The lowest BCUT2D eigenvalue weighted by molar-refractivity contribution is 0.451. The molecule has 0 aromatic carbocycles. The lowest BCUT2D eigenvalue weighted by atomic mass is 10.1. The molecule has 0 saturated carbocycles. The summed E-state index contributed by atoms with van der Waals surface area (Å²) in [6.45, 7) is -0.196. The monoisotopic (exact) mass is 143 g/mol. The van der Waals surface area contributed by atoms with Crippen LogP contribution in [0.25, 0.3) is 0 Å². The van der Waals surface area contributed by atoms with E-state index in [9.17, 15) is 4.39 Å². The van der Waals surface area contributed by atoms with Crippen LogP contribution in [-0.2, 0) is 0 Å². The molecule has 0 bridgehead atoms. The van der Waals surface area contributed by atoms with Crippen LogP contribution in [0.4, 0.5) is 4.39 Å². The van der Waals surface area contributed by atoms with Crippen molar-refractivity contribution in [3.05, 3.63) is 0 Å². The van der Waals surface area contributed by atoms with Gasteiger partial charge in [-0.1, -0.05) is 19.3 Å². The molecule has 0 unspecified atom stereocenters. The third-order valence-corrected chi connectivity index (χ3v) is 1.42. The third-order valence-electron chi connectivity index (χ3n) is 1.42. The first-order valence-electron chi connectivity index (χ1n) is 3.84. The SMILES string of the molecule is N#CCCCCCCCF. The van der Waals surface area contributed by atoms with Gasteiger partial charge in [-0.05, 0) is 12.8 Å². The smallest absolute Gasteiger partial charge is 0.0894 e. The lowest BCUT2D eigenvalue weighted by Gasteiger charge is -1.94. The summed E-state index contributed by atoms with van der Waals surface area (Å²) in [5, 5.41) is 8.16. The quantitative estimate of drug-likeness (QED) is 0.524. The van der Waals surface area contributed by atoms with Crippen LogP contribution in [0.5, 0.6) is 0 Å². The van der Waals surface area contributed by atoms with Crippen molar-refractivity contribution in [3.8, 4) is 6.07 Å². The molecule has 10 heavy (non-hydrogen) atoms. The summed E-state index contributed by atoms with van der Waals surface area (Å²) >= 11 is 0. The van der Waals surface area contributed by atoms with Gasteiger partial charge in [0, 0.05) is 6.42 Å². The summed E-state index contributed by atoms with van der Waals surface area (Å²) < 4.78 is 11.5. The molecule has 0 aliphatic carbocycles. The molecule has 0 fully saturated rings. The lowest BCUT2D eigenvalue weighted by Crippen LogP contribution is -1.79. The molecular formula is C8H14FN. The van der Waals surface area contributed by atoms with Gasteiger partial charge in [-0.15, -0.1) is 0 Å². The molecule has 0 rings (SSSR count). The van der Waals surface area contributed by atoms with Crippen LogP contribution in [0, 0.1) is 11.3 Å². The van der Waals surface area contributed by atoms with Crippen LogP contribution in [0.1, 0.15) is 38.5 Å². The van der Waals surface area contributed by atoms with Gasteiger partial charge in [-0.25, -0.2) is 0 Å². The Morgan fingerprint density at radius 1 is 1.00 bits per heavy atom. The number of unbranched alkanes of at least 4 members (excludes halogenated alkanes) is 5. The van der Waals surface area contributed by atoms with E-state index >= 15 is 0 Å². The zero-order valence-electron chi connectivity index (χ0n) is 6.27. The molecule has 0 aliphatic heterocycles. The number of hydrogen-bond donors (Lipinski definition) is 0. The normalized spacial score (nSPS) is 9.20. The molecule has 0 amide bonds. The van der Waals surface area contributed by atoms with Crippen molar-refractivity contribution in [2.75, 3.05) is 6.67 Å². The average Bonchev–Trinajstić information content (AvgIpc) is 1.97. The van der Waals surface area contributed by atoms with Crippen molar-refractivity contribution in [1.29, 1.82) is 5.26 Å². The average molecular weight is 143 g/mol. The maximum Gasteiger partial charge on any atom is 0.0894 e. The molecule has 0 saturated heterocycles. The van der Waals surface area contributed by atoms with Crippen molar-refractivity contribution in [2.24, 2.45) is 0 Å². The molecule has 0 aliphatic rings. The van der Waals surface area contributed by atoms with Gasteiger partial charge in [0.1, 0.15) is 0 Å². The molecule has 0 aromatic rings. The second-order valence-corrected chi connectivity index (χ2v) is 2.36. The van der Waals surface area contributed by atoms with Gasteiger partial charge in [0.2, 0.25) is 0 Å². The standard InChI is InChI=1S/C8H14FN/c9-7-5-3-1-2-4-6-8-10/h1-7H2. The molecule has 2 heteroatoms. The minimum atomic E-state index is -0.196. The molecule has 1 nitrogen and oxygen atoms in total. The van der Waals surface area contributed by atoms with E-state index < -0.39 is 0 Å². The fourth-order valence-corrected chi connectivity index (χ4v) is 0.829. The Kier molecular flexibility index (Phi) is 7.93. The van der Waals surface area contributed by atoms with Crippen LogP contribution in [0.2, 0.25) is 0 Å². The summed E-state index contributed by atoms with van der Waals surface area (Å²) in [5.74, 6) is 0. The zero-order chi connectivity index (χ0) is 7.66. The highest BCUT2D eigenvalue weighted by Gasteiger charge is 1.88. The zero-order valence-corrected chi connectivity index (χ0v) is 6.27. The number of nitrogens with zero attached hydrogens (tertiary/aromatic N) is 1. The van der Waals surface area contributed by atoms with E-state index in [-0.39, 0.29) is 6.67 Å². The third kappa shape index (κ3) is 7.42. The maximum atomic E-state index is 11.5. The Bertz CT molecular complexity index is 95.9. The topological polar surface area (TPSA) is 23.8 Å². The summed E-state index contributed by atoms with van der Waals surface area (Å²) in [6.07, 6.45) is 5.44. The summed E-state index contributed by atoms with van der Waals surface area (Å²) in [7, 11) is 0. The van der Waals surface area contributed by atoms with Crippen molar-refractivity contribution < 1.29 is 4.39 Å². The Labute approximate surface area is 61.9 Å². The largest absolute Gasteiger partial charge is 0.251 e. The van der Waals surface area contributed by atoms with E-state index in [2.05, 4.69) is 6.07 Å². The van der Waals surface area contributed by atoms with E-state index in [1.54, 1.807) is 0 Å². The fourth-order valence-electron chi connectivity index (χ4n) is 0.829. The van der Waals surface area contributed by atoms with Gasteiger partial charge in [-0.3, -0.25) is 4.39 Å². The first-order chi connectivity index (χ1) is 4.91. The van der Waals surface area contributed by atoms with Crippen molar-refractivity contribution >= 4 is 0 Å². The van der Waals surface area contributed by atoms with E-state index in [1.165, 1.54) is 0 Å². The van der Waals surface area contributed by atoms with Crippen LogP contribution in [0.3, 0.4) is 0 Å². The second kappa shape index (κ2) is 8.42. The minimum absolute atomic E-state index is 0.196. The first-order valence-corrected chi connectivity index (χ1v) is 3.84. The van der Waals surface area contributed by atoms with Gasteiger partial charge in [0.25, 0.3) is 0 Å². The maximum absolute atomic E-state index is 11.5. The molecular weight excluding hydrogens is 129 g/mol. The molecule has 0 radical (unpaired) electrons. The highest BCUT2D eigenvalue weighted by Crippen LogP contribution is 2.04. The van der Waals surface area contributed by atoms with E-state index in [0.29, 0.717) is 12.8 Å². The summed E-state index contributed by atoms with van der Waals surface area (Å²) in [4.78, 5) is 0. The number of rotatable bonds is 6. The number of hydrogen-bond acceptors (Lipinski definition) is 1. The van der Waals surface area contributed by atoms with Crippen LogP contribution in [0.15, 0.2) is 0 Å². The Morgan fingerprint density at radius 2 is 1.60 bits per heavy atom. The molecule has 0 spiro atoms. The Hall–Kier alpha value is -0.580. The van der Waals surface area contributed by atoms with E-state index in [4.69, 9.17) is 5.26 Å². The highest BCUT2D eigenvalue weighted by molar-refractivity contribution is 4.67. The van der Waals surface area contributed by atoms with Gasteiger partial charge >= 0.3 is 0 Å². The molecule has 0 N–H and O–H groups in total. The van der Waals surface area contributed by atoms with E-state index in [0.717, 1.165) is 25.7 Å². The second-order valence-electron chi connectivity index (χ2n) is 2.36. The van der Waals surface area contributed by atoms with Gasteiger partial charge in [0.15, 0.2) is 0 Å². The van der Waals surface area contributed by atoms with Crippen molar-refractivity contribution in [2.45, 2.75) is 38.5 Å². The van der Waals surface area contributed by atoms with Gasteiger partial charge in [0.05, 0.1) is 12.7 Å². The number of nitriles is 1. The first kappa shape index (κ1) is 9.42. The van der Waals surface area contributed by atoms with Crippen LogP contribution >= 0.6 is 0 Å². The summed E-state index contributed by atoms with van der Waals surface area (Å²) in [5.41, 5.74) is 0. The van der Waals surface area contributed by atoms with Crippen molar-refractivity contribution in [1.82, 2.24) is 0 Å². The molecule has 58 valence electrons. The highest BCUT2D eigenvalue weighted by atomic mass is 19.1. The van der Waals surface area contributed by atoms with Crippen molar-refractivity contribution in [3.63, 3.8) is 0 Å². The molecule has 0 aromatic heterocycles. The predicted molar refractivity (Wildman–Crippen MR) is 39.3 cm³/mol.